The van der Waals surface area contributed by atoms with Crippen molar-refractivity contribution in [2.45, 2.75) is 39.5 Å². The summed E-state index contributed by atoms with van der Waals surface area (Å²) in [6, 6.07) is 0. The van der Waals surface area contributed by atoms with Gasteiger partial charge in [0.25, 0.3) is 0 Å². The van der Waals surface area contributed by atoms with Crippen LogP contribution in [0.4, 0.5) is 0 Å². The van der Waals surface area contributed by atoms with Gasteiger partial charge < -0.3 is 0 Å². The van der Waals surface area contributed by atoms with Crippen molar-refractivity contribution in [1.29, 1.82) is 0 Å². The number of rotatable bonds is 4. The standard InChI is InChI=1S/C11H16N4S2/c1-4-5-7-8(9-13-11(16)15-14-9)17-10(12-7)6(2)3/h6H,4-5H2,1-3H3,(H2,13,14,15,16). The molecule has 0 amide bonds. The Hall–Kier alpha value is -1.01. The van der Waals surface area contributed by atoms with Crippen molar-refractivity contribution in [3.63, 3.8) is 0 Å². The lowest BCUT2D eigenvalue weighted by Gasteiger charge is -1.96. The van der Waals surface area contributed by atoms with Crippen LogP contribution in [-0.4, -0.2) is 20.2 Å². The first-order chi connectivity index (χ1) is 8.11. The second-order valence-electron chi connectivity index (χ2n) is 4.25. The van der Waals surface area contributed by atoms with Gasteiger partial charge in [0, 0.05) is 5.92 Å². The molecule has 0 aliphatic rings. The molecule has 2 heterocycles. The van der Waals surface area contributed by atoms with E-state index in [1.165, 1.54) is 0 Å². The lowest BCUT2D eigenvalue weighted by molar-refractivity contribution is 0.822. The van der Waals surface area contributed by atoms with Crippen LogP contribution in [0.2, 0.25) is 0 Å². The summed E-state index contributed by atoms with van der Waals surface area (Å²) in [6.07, 6.45) is 2.06. The largest absolute Gasteiger partial charge is 0.281 e. The van der Waals surface area contributed by atoms with Gasteiger partial charge in [0.2, 0.25) is 4.77 Å². The fourth-order valence-corrected chi connectivity index (χ4v) is 2.79. The fourth-order valence-electron chi connectivity index (χ4n) is 1.59. The summed E-state index contributed by atoms with van der Waals surface area (Å²) in [5.41, 5.74) is 1.12. The van der Waals surface area contributed by atoms with Gasteiger partial charge in [-0.1, -0.05) is 27.2 Å². The average molecular weight is 268 g/mol. The van der Waals surface area contributed by atoms with Gasteiger partial charge in [-0.2, -0.15) is 4.98 Å². The molecule has 4 nitrogen and oxygen atoms in total. The van der Waals surface area contributed by atoms with E-state index in [1.54, 1.807) is 11.3 Å². The van der Waals surface area contributed by atoms with Gasteiger partial charge in [-0.3, -0.25) is 10.2 Å². The Kier molecular flexibility index (Phi) is 3.73. The number of nitrogens with one attached hydrogen (secondary N) is 2. The maximum absolute atomic E-state index is 4.99. The topological polar surface area (TPSA) is 57.4 Å². The Bertz CT molecular complexity index is 550. The molecule has 92 valence electrons. The normalized spacial score (nSPS) is 11.3. The fraction of sp³-hybridized carbons (Fsp3) is 0.545. The lowest BCUT2D eigenvalue weighted by Crippen LogP contribution is -1.90. The first kappa shape index (κ1) is 12.4. The van der Waals surface area contributed by atoms with E-state index < -0.39 is 0 Å². The Morgan fingerprint density at radius 2 is 2.06 bits per heavy atom. The number of nitrogens with zero attached hydrogens (tertiary/aromatic N) is 2. The molecule has 17 heavy (non-hydrogen) atoms. The quantitative estimate of drug-likeness (QED) is 0.832. The van der Waals surface area contributed by atoms with Crippen molar-refractivity contribution in [2.24, 2.45) is 0 Å². The molecule has 2 N–H and O–H groups in total. The maximum Gasteiger partial charge on any atom is 0.213 e. The molecular weight excluding hydrogens is 252 g/mol. The second-order valence-corrected chi connectivity index (χ2v) is 5.67. The minimum Gasteiger partial charge on any atom is -0.281 e. The molecule has 0 unspecified atom stereocenters. The number of hydrogen-bond acceptors (Lipinski definition) is 4. The molecule has 0 aromatic carbocycles. The Morgan fingerprint density at radius 3 is 2.59 bits per heavy atom. The average Bonchev–Trinajstić information content (AvgIpc) is 2.85. The molecule has 2 aromatic rings. The highest BCUT2D eigenvalue weighted by Crippen LogP contribution is 2.32. The van der Waals surface area contributed by atoms with Crippen LogP contribution >= 0.6 is 23.6 Å². The number of aromatic amines is 2. The van der Waals surface area contributed by atoms with E-state index >= 15 is 0 Å². The Labute approximate surface area is 110 Å². The summed E-state index contributed by atoms with van der Waals surface area (Å²) in [7, 11) is 0. The van der Waals surface area contributed by atoms with Crippen molar-refractivity contribution >= 4 is 23.6 Å². The van der Waals surface area contributed by atoms with E-state index in [1.807, 2.05) is 0 Å². The molecule has 0 saturated carbocycles. The molecule has 0 fully saturated rings. The zero-order chi connectivity index (χ0) is 12.4. The number of H-pyrrole nitrogens is 2. The Balaban J connectivity index is 2.47. The molecule has 0 radical (unpaired) electrons. The summed E-state index contributed by atoms with van der Waals surface area (Å²) < 4.78 is 0.488. The molecule has 0 atom stereocenters. The SMILES string of the molecule is CCCc1nc(C(C)C)sc1-c1nc(=S)[nH][nH]1. The molecule has 0 aliphatic carbocycles. The summed E-state index contributed by atoms with van der Waals surface area (Å²) in [6.45, 7) is 6.47. The zero-order valence-corrected chi connectivity index (χ0v) is 11.8. The second kappa shape index (κ2) is 5.10. The van der Waals surface area contributed by atoms with E-state index in [2.05, 4.69) is 36.0 Å². The van der Waals surface area contributed by atoms with Gasteiger partial charge in [0.1, 0.15) is 0 Å². The van der Waals surface area contributed by atoms with Crippen LogP contribution < -0.4 is 0 Å². The molecular formula is C11H16N4S2. The molecule has 2 aromatic heterocycles. The predicted octanol–water partition coefficient (Wildman–Crippen LogP) is 3.67. The van der Waals surface area contributed by atoms with Crippen LogP contribution in [0.1, 0.15) is 43.8 Å². The van der Waals surface area contributed by atoms with Crippen LogP contribution in [-0.2, 0) is 6.42 Å². The highest BCUT2D eigenvalue weighted by atomic mass is 32.1. The van der Waals surface area contributed by atoms with Crippen molar-refractivity contribution < 1.29 is 0 Å². The van der Waals surface area contributed by atoms with Crippen molar-refractivity contribution in [2.75, 3.05) is 0 Å². The van der Waals surface area contributed by atoms with E-state index in [0.717, 1.165) is 34.2 Å². The van der Waals surface area contributed by atoms with Gasteiger partial charge in [0.05, 0.1) is 15.6 Å². The van der Waals surface area contributed by atoms with Crippen molar-refractivity contribution in [1.82, 2.24) is 20.2 Å². The van der Waals surface area contributed by atoms with E-state index in [9.17, 15) is 0 Å². The van der Waals surface area contributed by atoms with Crippen molar-refractivity contribution in [3.05, 3.63) is 15.5 Å². The van der Waals surface area contributed by atoms with Crippen LogP contribution in [0.15, 0.2) is 0 Å². The van der Waals surface area contributed by atoms with Gasteiger partial charge in [-0.05, 0) is 18.6 Å². The van der Waals surface area contributed by atoms with E-state index in [4.69, 9.17) is 17.2 Å². The molecule has 0 aliphatic heterocycles. The number of thiazole rings is 1. The summed E-state index contributed by atoms with van der Waals surface area (Å²) in [5.74, 6) is 1.26. The predicted molar refractivity (Wildman–Crippen MR) is 73.0 cm³/mol. The summed E-state index contributed by atoms with van der Waals surface area (Å²) in [5, 5.41) is 6.99. The highest BCUT2D eigenvalue weighted by molar-refractivity contribution is 7.71. The first-order valence-corrected chi connectivity index (χ1v) is 6.99. The lowest BCUT2D eigenvalue weighted by atomic mass is 10.2. The minimum atomic E-state index is 0.450. The van der Waals surface area contributed by atoms with Crippen LogP contribution in [0.25, 0.3) is 10.7 Å². The van der Waals surface area contributed by atoms with Gasteiger partial charge >= 0.3 is 0 Å². The first-order valence-electron chi connectivity index (χ1n) is 5.76. The molecule has 0 spiro atoms. The monoisotopic (exact) mass is 268 g/mol. The third kappa shape index (κ3) is 2.63. The number of aromatic nitrogens is 4. The van der Waals surface area contributed by atoms with Gasteiger partial charge in [-0.15, -0.1) is 11.3 Å². The third-order valence-corrected chi connectivity index (χ3v) is 4.01. The zero-order valence-electron chi connectivity index (χ0n) is 10.2. The van der Waals surface area contributed by atoms with E-state index in [0.29, 0.717) is 10.7 Å². The van der Waals surface area contributed by atoms with Gasteiger partial charge in [-0.25, -0.2) is 4.98 Å². The number of aryl methyl sites for hydroxylation is 1. The van der Waals surface area contributed by atoms with Gasteiger partial charge in [0.15, 0.2) is 5.82 Å². The van der Waals surface area contributed by atoms with Crippen molar-refractivity contribution in [3.8, 4) is 10.7 Å². The molecule has 0 saturated heterocycles. The van der Waals surface area contributed by atoms with Crippen LogP contribution in [0, 0.1) is 4.77 Å². The number of hydrogen-bond donors (Lipinski definition) is 2. The summed E-state index contributed by atoms with van der Waals surface area (Å²) in [4.78, 5) is 10.1. The van der Waals surface area contributed by atoms with Crippen LogP contribution in [0.5, 0.6) is 0 Å². The Morgan fingerprint density at radius 1 is 1.29 bits per heavy atom. The smallest absolute Gasteiger partial charge is 0.213 e. The highest BCUT2D eigenvalue weighted by Gasteiger charge is 2.16. The maximum atomic E-state index is 4.99. The van der Waals surface area contributed by atoms with Crippen LogP contribution in [0.3, 0.4) is 0 Å². The molecule has 6 heteroatoms. The molecule has 2 rings (SSSR count). The third-order valence-electron chi connectivity index (χ3n) is 2.41. The minimum absolute atomic E-state index is 0.450. The molecule has 0 bridgehead atoms. The van der Waals surface area contributed by atoms with E-state index in [-0.39, 0.29) is 0 Å². The summed E-state index contributed by atoms with van der Waals surface area (Å²) >= 11 is 6.69.